The van der Waals surface area contributed by atoms with Crippen LogP contribution in [-0.2, 0) is 10.0 Å². The van der Waals surface area contributed by atoms with E-state index in [0.29, 0.717) is 23.6 Å². The average Bonchev–Trinajstić information content (AvgIpc) is 3.30. The van der Waals surface area contributed by atoms with E-state index in [0.717, 1.165) is 5.75 Å². The van der Waals surface area contributed by atoms with Gasteiger partial charge in [0.15, 0.2) is 11.5 Å². The Labute approximate surface area is 203 Å². The van der Waals surface area contributed by atoms with Crippen LogP contribution < -0.4 is 9.62 Å². The van der Waals surface area contributed by atoms with E-state index in [1.165, 1.54) is 23.5 Å². The third kappa shape index (κ3) is 4.92. The Balaban J connectivity index is 1.60. The first-order chi connectivity index (χ1) is 16.4. The summed E-state index contributed by atoms with van der Waals surface area (Å²) in [6, 6.07) is 20.1. The van der Waals surface area contributed by atoms with Gasteiger partial charge in [0, 0.05) is 18.8 Å². The van der Waals surface area contributed by atoms with E-state index in [9.17, 15) is 13.2 Å². The Hall–Kier alpha value is -3.37. The smallest absolute Gasteiger partial charge is 0.264 e. The number of fused-ring (bicyclic) bond motifs is 1. The molecule has 176 valence electrons. The van der Waals surface area contributed by atoms with Gasteiger partial charge in [0.2, 0.25) is 0 Å². The molecule has 1 unspecified atom stereocenters. The highest BCUT2D eigenvalue weighted by molar-refractivity contribution is 7.98. The minimum absolute atomic E-state index is 0.0418. The number of anilines is 1. The molecule has 0 radical (unpaired) electrons. The van der Waals surface area contributed by atoms with Gasteiger partial charge in [-0.1, -0.05) is 30.3 Å². The molecule has 2 heterocycles. The van der Waals surface area contributed by atoms with Crippen LogP contribution in [0.4, 0.5) is 5.69 Å². The summed E-state index contributed by atoms with van der Waals surface area (Å²) >= 11 is 1.67. The number of sulfonamides is 1. The first kappa shape index (κ1) is 23.8. The largest absolute Gasteiger partial charge is 0.342 e. The number of hydrogen-bond donors (Lipinski definition) is 1. The maximum absolute atomic E-state index is 13.2. The molecule has 1 N–H and O–H groups in total. The average molecular weight is 496 g/mol. The number of nitrogens with one attached hydrogen (secondary N) is 1. The topological polar surface area (TPSA) is 96.7 Å². The van der Waals surface area contributed by atoms with Gasteiger partial charge in [-0.25, -0.2) is 8.42 Å². The normalized spacial score (nSPS) is 12.4. The highest BCUT2D eigenvalue weighted by Gasteiger charge is 2.24. The number of carbonyl (C=O) groups excluding carboxylic acids is 1. The molecule has 1 amide bonds. The second-order valence-electron chi connectivity index (χ2n) is 7.63. The van der Waals surface area contributed by atoms with Crippen molar-refractivity contribution in [1.82, 2.24) is 19.9 Å². The van der Waals surface area contributed by atoms with E-state index in [-0.39, 0.29) is 22.4 Å². The van der Waals surface area contributed by atoms with Gasteiger partial charge in [0.25, 0.3) is 15.9 Å². The van der Waals surface area contributed by atoms with E-state index < -0.39 is 10.0 Å². The fourth-order valence-corrected chi connectivity index (χ4v) is 5.29. The van der Waals surface area contributed by atoms with Crippen molar-refractivity contribution in [3.8, 4) is 0 Å². The minimum Gasteiger partial charge on any atom is -0.342 e. The zero-order chi connectivity index (χ0) is 24.1. The van der Waals surface area contributed by atoms with Crippen LogP contribution in [0.1, 0.15) is 28.6 Å². The Morgan fingerprint density at radius 3 is 2.59 bits per heavy atom. The molecule has 0 saturated carbocycles. The van der Waals surface area contributed by atoms with Gasteiger partial charge in [-0.15, -0.1) is 10.2 Å². The molecular weight excluding hydrogens is 470 g/mol. The second-order valence-corrected chi connectivity index (χ2v) is 10.6. The molecule has 1 atom stereocenters. The molecule has 0 aliphatic rings. The third-order valence-electron chi connectivity index (χ3n) is 5.44. The molecule has 0 fully saturated rings. The third-order valence-corrected chi connectivity index (χ3v) is 7.87. The van der Waals surface area contributed by atoms with Gasteiger partial charge in [-0.05, 0) is 60.9 Å². The highest BCUT2D eigenvalue weighted by atomic mass is 32.2. The van der Waals surface area contributed by atoms with Crippen molar-refractivity contribution < 1.29 is 13.2 Å². The maximum Gasteiger partial charge on any atom is 0.264 e. The molecule has 2 aromatic carbocycles. The van der Waals surface area contributed by atoms with Crippen molar-refractivity contribution in [1.29, 1.82) is 0 Å². The summed E-state index contributed by atoms with van der Waals surface area (Å²) in [4.78, 5) is 13.2. The highest BCUT2D eigenvalue weighted by Crippen LogP contribution is 2.23. The first-order valence-corrected chi connectivity index (χ1v) is 13.5. The zero-order valence-corrected chi connectivity index (χ0v) is 20.5. The molecule has 0 aliphatic heterocycles. The number of amides is 1. The summed E-state index contributed by atoms with van der Waals surface area (Å²) in [5, 5.41) is 11.5. The monoisotopic (exact) mass is 495 g/mol. The number of benzene rings is 2. The molecule has 0 spiro atoms. The molecule has 8 nitrogen and oxygen atoms in total. The summed E-state index contributed by atoms with van der Waals surface area (Å²) in [7, 11) is -2.35. The number of carbonyl (C=O) groups is 1. The number of hydrogen-bond acceptors (Lipinski definition) is 6. The van der Waals surface area contributed by atoms with Gasteiger partial charge < -0.3 is 5.32 Å². The summed E-state index contributed by atoms with van der Waals surface area (Å²) in [5.41, 5.74) is 1.48. The lowest BCUT2D eigenvalue weighted by atomic mass is 10.1. The fourth-order valence-electron chi connectivity index (χ4n) is 3.57. The summed E-state index contributed by atoms with van der Waals surface area (Å²) in [6.07, 6.45) is 4.51. The van der Waals surface area contributed by atoms with Crippen LogP contribution in [0.3, 0.4) is 0 Å². The number of pyridine rings is 1. The zero-order valence-electron chi connectivity index (χ0n) is 18.8. The molecule has 0 aliphatic carbocycles. The minimum atomic E-state index is -3.84. The molecule has 0 saturated heterocycles. The van der Waals surface area contributed by atoms with Crippen molar-refractivity contribution in [3.63, 3.8) is 0 Å². The molecule has 10 heteroatoms. The van der Waals surface area contributed by atoms with E-state index in [1.807, 2.05) is 41.1 Å². The predicted octanol–water partition coefficient (Wildman–Crippen LogP) is 3.78. The molecule has 34 heavy (non-hydrogen) atoms. The van der Waals surface area contributed by atoms with E-state index in [1.54, 1.807) is 48.2 Å². The van der Waals surface area contributed by atoms with E-state index in [2.05, 4.69) is 15.5 Å². The molecular formula is C24H25N5O3S2. The first-order valence-electron chi connectivity index (χ1n) is 10.7. The summed E-state index contributed by atoms with van der Waals surface area (Å²) < 4.78 is 29.4. The fraction of sp³-hybridized carbons (Fsp3) is 0.208. The molecule has 4 rings (SSSR count). The van der Waals surface area contributed by atoms with Crippen molar-refractivity contribution in [2.24, 2.45) is 0 Å². The lowest BCUT2D eigenvalue weighted by Gasteiger charge is -2.20. The van der Waals surface area contributed by atoms with Crippen LogP contribution in [0.2, 0.25) is 0 Å². The SMILES string of the molecule is CSCCC(NC(=O)c1cccc(S(=O)(=O)N(C)c2ccccc2)c1)c1nnc2ccccn12. The van der Waals surface area contributed by atoms with E-state index in [4.69, 9.17) is 0 Å². The van der Waals surface area contributed by atoms with E-state index >= 15 is 0 Å². The van der Waals surface area contributed by atoms with Gasteiger partial charge in [0.1, 0.15) is 0 Å². The number of aromatic nitrogens is 3. The predicted molar refractivity (Wildman–Crippen MR) is 135 cm³/mol. The maximum atomic E-state index is 13.2. The van der Waals surface area contributed by atoms with Crippen LogP contribution in [0.25, 0.3) is 5.65 Å². The summed E-state index contributed by atoms with van der Waals surface area (Å²) in [6.45, 7) is 0. The lowest BCUT2D eigenvalue weighted by molar-refractivity contribution is 0.0933. The quantitative estimate of drug-likeness (QED) is 0.380. The number of rotatable bonds is 9. The van der Waals surface area contributed by atoms with Gasteiger partial charge in [0.05, 0.1) is 16.6 Å². The second kappa shape index (κ2) is 10.3. The van der Waals surface area contributed by atoms with Crippen LogP contribution in [0.5, 0.6) is 0 Å². The van der Waals surface area contributed by atoms with Crippen LogP contribution in [-0.4, -0.2) is 48.0 Å². The van der Waals surface area contributed by atoms with Crippen molar-refractivity contribution in [2.75, 3.05) is 23.4 Å². The Morgan fingerprint density at radius 2 is 1.82 bits per heavy atom. The van der Waals surface area contributed by atoms with Gasteiger partial charge in [-0.2, -0.15) is 11.8 Å². The number of para-hydroxylation sites is 1. The van der Waals surface area contributed by atoms with Crippen LogP contribution >= 0.6 is 11.8 Å². The van der Waals surface area contributed by atoms with Crippen molar-refractivity contribution in [2.45, 2.75) is 17.4 Å². The van der Waals surface area contributed by atoms with Gasteiger partial charge >= 0.3 is 0 Å². The molecule has 2 aromatic heterocycles. The number of thioether (sulfide) groups is 1. The molecule has 4 aromatic rings. The number of nitrogens with zero attached hydrogens (tertiary/aromatic N) is 4. The molecule has 0 bridgehead atoms. The van der Waals surface area contributed by atoms with Crippen LogP contribution in [0, 0.1) is 0 Å². The van der Waals surface area contributed by atoms with Crippen molar-refractivity contribution >= 4 is 39.0 Å². The van der Waals surface area contributed by atoms with Crippen LogP contribution in [0.15, 0.2) is 83.9 Å². The Morgan fingerprint density at radius 1 is 1.06 bits per heavy atom. The lowest BCUT2D eigenvalue weighted by Crippen LogP contribution is -2.31. The van der Waals surface area contributed by atoms with Gasteiger partial charge in [-0.3, -0.25) is 13.5 Å². The Bertz CT molecular complexity index is 1390. The summed E-state index contributed by atoms with van der Waals surface area (Å²) in [5.74, 6) is 1.06. The standard InChI is InChI=1S/C24H25N5O3S2/c1-28(19-10-4-3-5-11-19)34(31,32)20-12-8-9-18(17-20)24(30)25-21(14-16-33-2)23-27-26-22-13-6-7-15-29(22)23/h3-13,15,17,21H,14,16H2,1-2H3,(H,25,30). The van der Waals surface area contributed by atoms with Crippen molar-refractivity contribution in [3.05, 3.63) is 90.4 Å². The Kier molecular flexibility index (Phi) is 7.18.